The first-order valence-corrected chi connectivity index (χ1v) is 6.49. The molecule has 0 fully saturated rings. The number of carbonyl (C=O) groups is 2. The summed E-state index contributed by atoms with van der Waals surface area (Å²) >= 11 is 1.46. The van der Waals surface area contributed by atoms with E-state index in [1.165, 1.54) is 11.8 Å². The van der Waals surface area contributed by atoms with E-state index < -0.39 is 12.0 Å². The van der Waals surface area contributed by atoms with Crippen LogP contribution in [-0.2, 0) is 4.79 Å². The van der Waals surface area contributed by atoms with Gasteiger partial charge >= 0.3 is 5.97 Å². The van der Waals surface area contributed by atoms with Crippen molar-refractivity contribution in [2.45, 2.75) is 24.3 Å². The Morgan fingerprint density at radius 2 is 2.06 bits per heavy atom. The van der Waals surface area contributed by atoms with E-state index in [0.717, 1.165) is 4.90 Å². The van der Waals surface area contributed by atoms with Crippen LogP contribution < -0.4 is 5.32 Å². The zero-order valence-electron chi connectivity index (χ0n) is 9.77. The Labute approximate surface area is 104 Å². The van der Waals surface area contributed by atoms with E-state index in [-0.39, 0.29) is 5.91 Å². The second-order valence-corrected chi connectivity index (χ2v) is 4.32. The lowest BCUT2D eigenvalue weighted by atomic mass is 10.1. The predicted molar refractivity (Wildman–Crippen MR) is 67.4 cm³/mol. The van der Waals surface area contributed by atoms with Gasteiger partial charge in [-0.3, -0.25) is 4.79 Å². The molecule has 2 N–H and O–H groups in total. The number of hydrogen-bond acceptors (Lipinski definition) is 3. The van der Waals surface area contributed by atoms with Crippen molar-refractivity contribution in [3.05, 3.63) is 29.8 Å². The highest BCUT2D eigenvalue weighted by atomic mass is 32.2. The number of nitrogens with one attached hydrogen (secondary N) is 1. The summed E-state index contributed by atoms with van der Waals surface area (Å²) in [6.07, 6.45) is 2.24. The number of aliphatic carboxylic acids is 1. The Morgan fingerprint density at radius 3 is 2.59 bits per heavy atom. The van der Waals surface area contributed by atoms with E-state index in [1.807, 2.05) is 18.4 Å². The van der Waals surface area contributed by atoms with Crippen molar-refractivity contribution >= 4 is 23.6 Å². The third-order valence-corrected chi connectivity index (χ3v) is 3.16. The second kappa shape index (κ2) is 6.30. The van der Waals surface area contributed by atoms with Crippen molar-refractivity contribution in [1.82, 2.24) is 5.32 Å². The van der Waals surface area contributed by atoms with Gasteiger partial charge in [0.05, 0.1) is 5.56 Å². The van der Waals surface area contributed by atoms with Gasteiger partial charge in [0.25, 0.3) is 5.91 Å². The molecule has 0 saturated carbocycles. The molecule has 1 rings (SSSR count). The van der Waals surface area contributed by atoms with Crippen LogP contribution in [0.15, 0.2) is 29.2 Å². The van der Waals surface area contributed by atoms with Crippen molar-refractivity contribution in [2.75, 3.05) is 6.26 Å². The molecule has 17 heavy (non-hydrogen) atoms. The van der Waals surface area contributed by atoms with Gasteiger partial charge in [0, 0.05) is 4.90 Å². The van der Waals surface area contributed by atoms with Crippen molar-refractivity contribution in [3.8, 4) is 0 Å². The van der Waals surface area contributed by atoms with E-state index in [4.69, 9.17) is 5.11 Å². The maximum Gasteiger partial charge on any atom is 0.326 e. The number of carboxylic acids is 1. The number of amides is 1. The van der Waals surface area contributed by atoms with Crippen LogP contribution in [0.2, 0.25) is 0 Å². The van der Waals surface area contributed by atoms with Crippen molar-refractivity contribution in [1.29, 1.82) is 0 Å². The summed E-state index contributed by atoms with van der Waals surface area (Å²) in [5.74, 6) is -1.35. The summed E-state index contributed by atoms with van der Waals surface area (Å²) in [4.78, 5) is 23.6. The van der Waals surface area contributed by atoms with E-state index in [0.29, 0.717) is 12.0 Å². The van der Waals surface area contributed by atoms with E-state index in [9.17, 15) is 9.59 Å². The minimum absolute atomic E-state index is 0.343. The number of carbonyl (C=O) groups excluding carboxylic acids is 1. The van der Waals surface area contributed by atoms with Gasteiger partial charge in [-0.1, -0.05) is 19.1 Å². The largest absolute Gasteiger partial charge is 0.480 e. The normalized spacial score (nSPS) is 11.9. The topological polar surface area (TPSA) is 66.4 Å². The quantitative estimate of drug-likeness (QED) is 0.788. The predicted octanol–water partition coefficient (Wildman–Crippen LogP) is 2.00. The van der Waals surface area contributed by atoms with Gasteiger partial charge in [-0.2, -0.15) is 0 Å². The average molecular weight is 253 g/mol. The summed E-state index contributed by atoms with van der Waals surface area (Å²) < 4.78 is 0. The summed E-state index contributed by atoms with van der Waals surface area (Å²) in [5, 5.41) is 11.4. The number of carboxylic acid groups (broad SMARTS) is 1. The Kier molecular flexibility index (Phi) is 5.03. The van der Waals surface area contributed by atoms with Crippen LogP contribution in [0, 0.1) is 0 Å². The standard InChI is InChI=1S/C12H15NO3S/c1-3-9(12(15)16)13-11(14)8-6-4-5-7-10(8)17-2/h4-7,9H,3H2,1-2H3,(H,13,14)(H,15,16). The van der Waals surface area contributed by atoms with Crippen molar-refractivity contribution in [3.63, 3.8) is 0 Å². The summed E-state index contributed by atoms with van der Waals surface area (Å²) in [7, 11) is 0. The molecule has 0 aliphatic rings. The van der Waals surface area contributed by atoms with E-state index >= 15 is 0 Å². The van der Waals surface area contributed by atoms with Crippen LogP contribution in [0.3, 0.4) is 0 Å². The smallest absolute Gasteiger partial charge is 0.326 e. The van der Waals surface area contributed by atoms with Gasteiger partial charge in [0.2, 0.25) is 0 Å². The Hall–Kier alpha value is -1.49. The highest BCUT2D eigenvalue weighted by Crippen LogP contribution is 2.19. The van der Waals surface area contributed by atoms with Gasteiger partial charge in [0.1, 0.15) is 6.04 Å². The van der Waals surface area contributed by atoms with Gasteiger partial charge < -0.3 is 10.4 Å². The molecule has 4 nitrogen and oxygen atoms in total. The third kappa shape index (κ3) is 3.49. The van der Waals surface area contributed by atoms with Crippen molar-refractivity contribution in [2.24, 2.45) is 0 Å². The van der Waals surface area contributed by atoms with Gasteiger partial charge in [0.15, 0.2) is 0 Å². The molecule has 0 aliphatic heterocycles. The number of benzene rings is 1. The molecule has 0 spiro atoms. The molecule has 1 unspecified atom stereocenters. The minimum Gasteiger partial charge on any atom is -0.480 e. The molecule has 0 aliphatic carbocycles. The molecule has 5 heteroatoms. The van der Waals surface area contributed by atoms with E-state index in [2.05, 4.69) is 5.32 Å². The van der Waals surface area contributed by atoms with Crippen LogP contribution in [0.25, 0.3) is 0 Å². The maximum absolute atomic E-state index is 11.9. The lowest BCUT2D eigenvalue weighted by Gasteiger charge is -2.13. The first-order valence-electron chi connectivity index (χ1n) is 5.26. The van der Waals surface area contributed by atoms with Crippen LogP contribution in [0.4, 0.5) is 0 Å². The lowest BCUT2D eigenvalue weighted by molar-refractivity contribution is -0.139. The highest BCUT2D eigenvalue weighted by molar-refractivity contribution is 7.98. The fraction of sp³-hybridized carbons (Fsp3) is 0.333. The molecule has 0 heterocycles. The zero-order chi connectivity index (χ0) is 12.8. The molecule has 1 amide bonds. The molecular formula is C12H15NO3S. The zero-order valence-corrected chi connectivity index (χ0v) is 10.6. The van der Waals surface area contributed by atoms with Crippen LogP contribution in [0.5, 0.6) is 0 Å². The molecule has 1 atom stereocenters. The Bertz CT molecular complexity index is 420. The first kappa shape index (κ1) is 13.6. The SMILES string of the molecule is CCC(NC(=O)c1ccccc1SC)C(=O)O. The summed E-state index contributed by atoms with van der Waals surface area (Å²) in [5.41, 5.74) is 0.514. The first-order chi connectivity index (χ1) is 8.10. The number of rotatable bonds is 5. The molecule has 0 radical (unpaired) electrons. The monoisotopic (exact) mass is 253 g/mol. The summed E-state index contributed by atoms with van der Waals surface area (Å²) in [6.45, 7) is 1.72. The average Bonchev–Trinajstić information content (AvgIpc) is 2.35. The number of thioether (sulfide) groups is 1. The van der Waals surface area contributed by atoms with Crippen molar-refractivity contribution < 1.29 is 14.7 Å². The fourth-order valence-corrected chi connectivity index (χ4v) is 2.00. The molecule has 0 saturated heterocycles. The minimum atomic E-state index is -1.01. The second-order valence-electron chi connectivity index (χ2n) is 3.47. The third-order valence-electron chi connectivity index (χ3n) is 2.36. The Morgan fingerprint density at radius 1 is 1.41 bits per heavy atom. The lowest BCUT2D eigenvalue weighted by Crippen LogP contribution is -2.40. The molecule has 0 bridgehead atoms. The number of hydrogen-bond donors (Lipinski definition) is 2. The molecule has 92 valence electrons. The van der Waals surface area contributed by atoms with Gasteiger partial charge in [-0.15, -0.1) is 11.8 Å². The highest BCUT2D eigenvalue weighted by Gasteiger charge is 2.19. The van der Waals surface area contributed by atoms with Gasteiger partial charge in [-0.05, 0) is 24.8 Å². The van der Waals surface area contributed by atoms with Gasteiger partial charge in [-0.25, -0.2) is 4.79 Å². The van der Waals surface area contributed by atoms with Crippen LogP contribution in [0.1, 0.15) is 23.7 Å². The molecular weight excluding hydrogens is 238 g/mol. The van der Waals surface area contributed by atoms with Crippen LogP contribution in [-0.4, -0.2) is 29.3 Å². The molecule has 1 aromatic rings. The van der Waals surface area contributed by atoms with Crippen LogP contribution >= 0.6 is 11.8 Å². The van der Waals surface area contributed by atoms with E-state index in [1.54, 1.807) is 19.1 Å². The Balaban J connectivity index is 2.86. The summed E-state index contributed by atoms with van der Waals surface area (Å²) in [6, 6.07) is 6.29. The molecule has 1 aromatic carbocycles. The fourth-order valence-electron chi connectivity index (χ4n) is 1.41. The molecule has 0 aromatic heterocycles. The maximum atomic E-state index is 11.9.